The average molecular weight is 221 g/mol. The molecule has 4 heteroatoms. The molecule has 0 aliphatic carbocycles. The van der Waals surface area contributed by atoms with Crippen LogP contribution in [0.25, 0.3) is 0 Å². The van der Waals surface area contributed by atoms with E-state index in [-0.39, 0.29) is 6.10 Å². The van der Waals surface area contributed by atoms with Crippen molar-refractivity contribution >= 4 is 0 Å². The summed E-state index contributed by atoms with van der Waals surface area (Å²) >= 11 is 0. The average Bonchev–Trinajstić information content (AvgIpc) is 2.18. The van der Waals surface area contributed by atoms with Gasteiger partial charge in [-0.2, -0.15) is 0 Å². The molecule has 2 atom stereocenters. The van der Waals surface area contributed by atoms with Crippen LogP contribution in [0.3, 0.4) is 0 Å². The minimum Gasteiger partial charge on any atom is -0.378 e. The van der Waals surface area contributed by atoms with E-state index in [4.69, 9.17) is 4.74 Å². The summed E-state index contributed by atoms with van der Waals surface area (Å²) in [4.78, 5) is 0. The molecular formula is C11H21F2NO. The van der Waals surface area contributed by atoms with E-state index in [2.05, 4.69) is 5.32 Å². The summed E-state index contributed by atoms with van der Waals surface area (Å²) in [6.07, 6.45) is -1.55. The summed E-state index contributed by atoms with van der Waals surface area (Å²) in [5.41, 5.74) is -1.03. The van der Waals surface area contributed by atoms with Gasteiger partial charge in [0.2, 0.25) is 0 Å². The maximum absolute atomic E-state index is 13.1. The number of rotatable bonds is 4. The Hall–Kier alpha value is -0.220. The predicted octanol–water partition coefficient (Wildman–Crippen LogP) is 2.43. The first kappa shape index (κ1) is 12.8. The number of hydrogen-bond donors (Lipinski definition) is 1. The van der Waals surface area contributed by atoms with Gasteiger partial charge in [-0.3, -0.25) is 0 Å². The Labute approximate surface area is 90.4 Å². The summed E-state index contributed by atoms with van der Waals surface area (Å²) in [7, 11) is 0. The van der Waals surface area contributed by atoms with E-state index in [1.807, 2.05) is 20.8 Å². The number of ether oxygens (including phenoxy) is 1. The standard InChI is InChI=1S/C11H21F2NO/c1-4-14-11(10(12)13)5-6-15-9(7-11)8(2)3/h8-10,14H,4-7H2,1-3H3. The van der Waals surface area contributed by atoms with Crippen LogP contribution in [0.5, 0.6) is 0 Å². The summed E-state index contributed by atoms with van der Waals surface area (Å²) in [5.74, 6) is 0.294. The Morgan fingerprint density at radius 1 is 1.47 bits per heavy atom. The quantitative estimate of drug-likeness (QED) is 0.787. The lowest BCUT2D eigenvalue weighted by molar-refractivity contribution is -0.0969. The molecule has 0 saturated carbocycles. The highest BCUT2D eigenvalue weighted by Crippen LogP contribution is 2.33. The number of nitrogens with one attached hydrogen (secondary N) is 1. The predicted molar refractivity (Wildman–Crippen MR) is 56.2 cm³/mol. The molecule has 0 spiro atoms. The second-order valence-electron chi connectivity index (χ2n) is 4.59. The third-order valence-electron chi connectivity index (χ3n) is 3.14. The fraction of sp³-hybridized carbons (Fsp3) is 1.00. The van der Waals surface area contributed by atoms with Crippen molar-refractivity contribution in [3.63, 3.8) is 0 Å². The van der Waals surface area contributed by atoms with Gasteiger partial charge in [-0.05, 0) is 25.3 Å². The zero-order valence-corrected chi connectivity index (χ0v) is 9.72. The Balaban J connectivity index is 2.71. The second kappa shape index (κ2) is 5.21. The van der Waals surface area contributed by atoms with Crippen LogP contribution in [0.15, 0.2) is 0 Å². The molecule has 1 N–H and O–H groups in total. The third kappa shape index (κ3) is 2.88. The van der Waals surface area contributed by atoms with Crippen molar-refractivity contribution in [1.82, 2.24) is 5.32 Å². The number of alkyl halides is 2. The lowest BCUT2D eigenvalue weighted by atomic mass is 9.83. The van der Waals surface area contributed by atoms with Crippen LogP contribution in [0, 0.1) is 5.92 Å². The topological polar surface area (TPSA) is 21.3 Å². The van der Waals surface area contributed by atoms with Crippen LogP contribution in [0.2, 0.25) is 0 Å². The molecule has 90 valence electrons. The fourth-order valence-corrected chi connectivity index (χ4v) is 2.13. The van der Waals surface area contributed by atoms with Gasteiger partial charge in [0, 0.05) is 6.61 Å². The first-order chi connectivity index (χ1) is 7.02. The maximum atomic E-state index is 13.1. The summed E-state index contributed by atoms with van der Waals surface area (Å²) in [6.45, 7) is 6.90. The van der Waals surface area contributed by atoms with Crippen molar-refractivity contribution in [2.75, 3.05) is 13.2 Å². The molecule has 0 radical (unpaired) electrons. The first-order valence-electron chi connectivity index (χ1n) is 5.66. The molecular weight excluding hydrogens is 200 g/mol. The molecule has 0 amide bonds. The lowest BCUT2D eigenvalue weighted by Crippen LogP contribution is -2.57. The zero-order valence-electron chi connectivity index (χ0n) is 9.72. The van der Waals surface area contributed by atoms with Crippen molar-refractivity contribution in [2.45, 2.75) is 51.7 Å². The second-order valence-corrected chi connectivity index (χ2v) is 4.59. The molecule has 0 aromatic rings. The molecule has 1 saturated heterocycles. The molecule has 1 aliphatic rings. The normalized spacial score (nSPS) is 32.6. The van der Waals surface area contributed by atoms with E-state index in [0.29, 0.717) is 31.9 Å². The largest absolute Gasteiger partial charge is 0.378 e. The van der Waals surface area contributed by atoms with Gasteiger partial charge in [-0.25, -0.2) is 8.78 Å². The minimum absolute atomic E-state index is 0.0493. The maximum Gasteiger partial charge on any atom is 0.256 e. The van der Waals surface area contributed by atoms with E-state index in [0.717, 1.165) is 0 Å². The van der Waals surface area contributed by atoms with E-state index in [9.17, 15) is 8.78 Å². The fourth-order valence-electron chi connectivity index (χ4n) is 2.13. The first-order valence-corrected chi connectivity index (χ1v) is 5.66. The van der Waals surface area contributed by atoms with E-state index >= 15 is 0 Å². The van der Waals surface area contributed by atoms with Crippen molar-refractivity contribution in [3.05, 3.63) is 0 Å². The van der Waals surface area contributed by atoms with Crippen LogP contribution >= 0.6 is 0 Å². The van der Waals surface area contributed by atoms with Crippen molar-refractivity contribution in [2.24, 2.45) is 5.92 Å². The highest BCUT2D eigenvalue weighted by molar-refractivity contribution is 4.96. The third-order valence-corrected chi connectivity index (χ3v) is 3.14. The van der Waals surface area contributed by atoms with Crippen LogP contribution in [-0.4, -0.2) is 31.2 Å². The number of halogens is 2. The van der Waals surface area contributed by atoms with Gasteiger partial charge in [0.15, 0.2) is 0 Å². The molecule has 1 rings (SSSR count). The van der Waals surface area contributed by atoms with Crippen LogP contribution < -0.4 is 5.32 Å². The molecule has 2 nitrogen and oxygen atoms in total. The van der Waals surface area contributed by atoms with Gasteiger partial charge in [0.05, 0.1) is 11.6 Å². The van der Waals surface area contributed by atoms with Crippen LogP contribution in [-0.2, 0) is 4.74 Å². The summed E-state index contributed by atoms with van der Waals surface area (Å²) in [5, 5.41) is 2.95. The Morgan fingerprint density at radius 3 is 2.60 bits per heavy atom. The van der Waals surface area contributed by atoms with E-state index in [1.54, 1.807) is 0 Å². The van der Waals surface area contributed by atoms with Crippen LogP contribution in [0.4, 0.5) is 8.78 Å². The Bertz CT molecular complexity index is 195. The Kier molecular flexibility index (Phi) is 4.46. The Morgan fingerprint density at radius 2 is 2.13 bits per heavy atom. The van der Waals surface area contributed by atoms with Crippen LogP contribution in [0.1, 0.15) is 33.6 Å². The molecule has 1 heterocycles. The van der Waals surface area contributed by atoms with E-state index < -0.39 is 12.0 Å². The van der Waals surface area contributed by atoms with Gasteiger partial charge < -0.3 is 10.1 Å². The molecule has 0 bridgehead atoms. The van der Waals surface area contributed by atoms with Crippen molar-refractivity contribution in [1.29, 1.82) is 0 Å². The van der Waals surface area contributed by atoms with E-state index in [1.165, 1.54) is 0 Å². The van der Waals surface area contributed by atoms with Crippen molar-refractivity contribution < 1.29 is 13.5 Å². The molecule has 1 aliphatic heterocycles. The molecule has 0 aromatic carbocycles. The van der Waals surface area contributed by atoms with Gasteiger partial charge in [0.1, 0.15) is 0 Å². The summed E-state index contributed by atoms with van der Waals surface area (Å²) < 4.78 is 31.7. The molecule has 0 aromatic heterocycles. The van der Waals surface area contributed by atoms with Gasteiger partial charge >= 0.3 is 0 Å². The highest BCUT2D eigenvalue weighted by Gasteiger charge is 2.44. The lowest BCUT2D eigenvalue weighted by Gasteiger charge is -2.42. The number of hydrogen-bond acceptors (Lipinski definition) is 2. The SMILES string of the molecule is CCNC1(C(F)F)CCOC(C(C)C)C1. The summed E-state index contributed by atoms with van der Waals surface area (Å²) in [6, 6.07) is 0. The highest BCUT2D eigenvalue weighted by atomic mass is 19.3. The van der Waals surface area contributed by atoms with Crippen molar-refractivity contribution in [3.8, 4) is 0 Å². The zero-order chi connectivity index (χ0) is 11.5. The monoisotopic (exact) mass is 221 g/mol. The molecule has 2 unspecified atom stereocenters. The van der Waals surface area contributed by atoms with Gasteiger partial charge in [0.25, 0.3) is 6.43 Å². The van der Waals surface area contributed by atoms with Gasteiger partial charge in [-0.1, -0.05) is 20.8 Å². The smallest absolute Gasteiger partial charge is 0.256 e. The molecule has 15 heavy (non-hydrogen) atoms. The minimum atomic E-state index is -2.32. The molecule has 1 fully saturated rings. The van der Waals surface area contributed by atoms with Gasteiger partial charge in [-0.15, -0.1) is 0 Å².